The van der Waals surface area contributed by atoms with Crippen molar-refractivity contribution in [1.82, 2.24) is 9.97 Å². The standard InChI is InChI=1S/C12H16N4O2S/c1-19(18)12-14-7-8(6-13)11(16-12)15-9-2-4-10(17)5-3-9/h7,9-10,17H,2-5H2,1H3,(H,14,15,16)/t9-,10-,19?. The van der Waals surface area contributed by atoms with E-state index >= 15 is 0 Å². The van der Waals surface area contributed by atoms with Gasteiger partial charge in [0.2, 0.25) is 0 Å². The van der Waals surface area contributed by atoms with Crippen molar-refractivity contribution in [3.05, 3.63) is 11.8 Å². The number of rotatable bonds is 3. The van der Waals surface area contributed by atoms with E-state index in [4.69, 9.17) is 5.26 Å². The van der Waals surface area contributed by atoms with Gasteiger partial charge < -0.3 is 15.0 Å². The number of nitrogens with zero attached hydrogens (tertiary/aromatic N) is 3. The third kappa shape index (κ3) is 3.56. The van der Waals surface area contributed by atoms with Crippen LogP contribution in [0, 0.1) is 11.3 Å². The summed E-state index contributed by atoms with van der Waals surface area (Å²) in [5.74, 6) is 0.434. The van der Waals surface area contributed by atoms with E-state index in [1.807, 2.05) is 6.07 Å². The van der Waals surface area contributed by atoms with Crippen LogP contribution in [0.1, 0.15) is 31.2 Å². The zero-order chi connectivity index (χ0) is 13.8. The van der Waals surface area contributed by atoms with Gasteiger partial charge in [-0.2, -0.15) is 15.2 Å². The Morgan fingerprint density at radius 3 is 2.74 bits per heavy atom. The second kappa shape index (κ2) is 6.19. The zero-order valence-corrected chi connectivity index (χ0v) is 11.5. The molecule has 1 aliphatic rings. The van der Waals surface area contributed by atoms with Crippen LogP contribution in [-0.2, 0) is 11.2 Å². The lowest BCUT2D eigenvalue weighted by atomic mass is 9.93. The maximum absolute atomic E-state index is 11.4. The summed E-state index contributed by atoms with van der Waals surface area (Å²) in [5, 5.41) is 21.9. The Morgan fingerprint density at radius 2 is 2.16 bits per heavy atom. The van der Waals surface area contributed by atoms with Crippen molar-refractivity contribution in [2.24, 2.45) is 0 Å². The molecule has 1 atom stereocenters. The molecular weight excluding hydrogens is 264 g/mol. The van der Waals surface area contributed by atoms with Gasteiger partial charge in [-0.25, -0.2) is 0 Å². The summed E-state index contributed by atoms with van der Waals surface area (Å²) in [7, 11) is 0. The summed E-state index contributed by atoms with van der Waals surface area (Å²) in [6, 6.07) is 2.21. The predicted octanol–water partition coefficient (Wildman–Crippen LogP) is 0.801. The van der Waals surface area contributed by atoms with Crippen LogP contribution in [-0.4, -0.2) is 38.0 Å². The summed E-state index contributed by atoms with van der Waals surface area (Å²) in [6.07, 6.45) is 5.83. The molecule has 0 saturated heterocycles. The fourth-order valence-electron chi connectivity index (χ4n) is 2.11. The van der Waals surface area contributed by atoms with Gasteiger partial charge in [-0.1, -0.05) is 0 Å². The van der Waals surface area contributed by atoms with Crippen molar-refractivity contribution in [3.63, 3.8) is 0 Å². The average molecular weight is 280 g/mol. The van der Waals surface area contributed by atoms with Gasteiger partial charge >= 0.3 is 5.16 Å². The molecule has 0 amide bonds. The quantitative estimate of drug-likeness (QED) is 0.627. The smallest absolute Gasteiger partial charge is 0.344 e. The number of nitriles is 1. The molecule has 0 aliphatic heterocycles. The van der Waals surface area contributed by atoms with E-state index < -0.39 is 11.2 Å². The van der Waals surface area contributed by atoms with Crippen molar-refractivity contribution in [1.29, 1.82) is 5.26 Å². The highest BCUT2D eigenvalue weighted by Gasteiger charge is 2.21. The van der Waals surface area contributed by atoms with E-state index in [0.717, 1.165) is 25.7 Å². The first-order valence-electron chi connectivity index (χ1n) is 6.15. The molecule has 7 heteroatoms. The van der Waals surface area contributed by atoms with Crippen molar-refractivity contribution < 1.29 is 9.66 Å². The molecule has 0 aromatic carbocycles. The topological polar surface area (TPSA) is 105 Å². The van der Waals surface area contributed by atoms with Crippen LogP contribution < -0.4 is 5.32 Å². The number of anilines is 1. The first-order chi connectivity index (χ1) is 9.10. The van der Waals surface area contributed by atoms with E-state index in [2.05, 4.69) is 15.3 Å². The largest absolute Gasteiger partial charge is 0.609 e. The summed E-state index contributed by atoms with van der Waals surface area (Å²) in [6.45, 7) is 0. The summed E-state index contributed by atoms with van der Waals surface area (Å²) in [4.78, 5) is 8.05. The molecule has 1 unspecified atom stereocenters. The Balaban J connectivity index is 2.14. The minimum atomic E-state index is -1.27. The van der Waals surface area contributed by atoms with E-state index in [-0.39, 0.29) is 17.3 Å². The lowest BCUT2D eigenvalue weighted by molar-refractivity contribution is 0.126. The van der Waals surface area contributed by atoms with Crippen molar-refractivity contribution in [2.45, 2.75) is 43.0 Å². The van der Waals surface area contributed by atoms with Crippen LogP contribution in [0.5, 0.6) is 0 Å². The van der Waals surface area contributed by atoms with Crippen LogP contribution in [0.2, 0.25) is 0 Å². The van der Waals surface area contributed by atoms with Crippen molar-refractivity contribution in [3.8, 4) is 6.07 Å². The zero-order valence-electron chi connectivity index (χ0n) is 10.7. The molecule has 0 radical (unpaired) electrons. The third-order valence-electron chi connectivity index (χ3n) is 3.18. The molecule has 1 aliphatic carbocycles. The molecule has 1 aromatic heterocycles. The highest BCUT2D eigenvalue weighted by Crippen LogP contribution is 2.23. The highest BCUT2D eigenvalue weighted by molar-refractivity contribution is 7.90. The SMILES string of the molecule is C[S+]([O-])c1ncc(C#N)c(N[C@H]2CC[C@H](O)CC2)n1. The first-order valence-corrected chi connectivity index (χ1v) is 7.71. The van der Waals surface area contributed by atoms with Gasteiger partial charge in [0.1, 0.15) is 17.9 Å². The fourth-order valence-corrected chi connectivity index (χ4v) is 2.53. The van der Waals surface area contributed by atoms with E-state index in [9.17, 15) is 9.66 Å². The molecule has 0 bridgehead atoms. The van der Waals surface area contributed by atoms with Gasteiger partial charge in [0.15, 0.2) is 5.82 Å². The van der Waals surface area contributed by atoms with E-state index in [1.165, 1.54) is 12.5 Å². The number of hydrogen-bond acceptors (Lipinski definition) is 6. The van der Waals surface area contributed by atoms with Crippen LogP contribution in [0.25, 0.3) is 0 Å². The monoisotopic (exact) mass is 280 g/mol. The Morgan fingerprint density at radius 1 is 1.47 bits per heavy atom. The molecule has 0 spiro atoms. The maximum atomic E-state index is 11.4. The second-order valence-corrected chi connectivity index (χ2v) is 5.90. The average Bonchev–Trinajstić information content (AvgIpc) is 2.41. The molecule has 1 aromatic rings. The minimum Gasteiger partial charge on any atom is -0.609 e. The summed E-state index contributed by atoms with van der Waals surface area (Å²) >= 11 is -1.27. The Bertz CT molecular complexity index is 481. The number of hydrogen-bond donors (Lipinski definition) is 2. The molecule has 2 N–H and O–H groups in total. The van der Waals surface area contributed by atoms with Gasteiger partial charge in [-0.3, -0.25) is 0 Å². The minimum absolute atomic E-state index is 0.184. The Labute approximate surface area is 115 Å². The summed E-state index contributed by atoms with van der Waals surface area (Å²) < 4.78 is 11.4. The molecular formula is C12H16N4O2S. The molecule has 1 saturated carbocycles. The fraction of sp³-hybridized carbons (Fsp3) is 0.583. The molecule has 102 valence electrons. The number of aliphatic hydroxyl groups is 1. The lowest BCUT2D eigenvalue weighted by Crippen LogP contribution is -2.29. The van der Waals surface area contributed by atoms with Crippen LogP contribution >= 0.6 is 0 Å². The second-order valence-electron chi connectivity index (χ2n) is 4.63. The normalized spacial score (nSPS) is 24.5. The maximum Gasteiger partial charge on any atom is 0.344 e. The molecule has 1 fully saturated rings. The predicted molar refractivity (Wildman–Crippen MR) is 71.0 cm³/mol. The van der Waals surface area contributed by atoms with Gasteiger partial charge in [-0.05, 0) is 25.7 Å². The van der Waals surface area contributed by atoms with Gasteiger partial charge in [0.25, 0.3) is 0 Å². The van der Waals surface area contributed by atoms with Crippen LogP contribution in [0.15, 0.2) is 11.4 Å². The lowest BCUT2D eigenvalue weighted by Gasteiger charge is -2.26. The molecule has 6 nitrogen and oxygen atoms in total. The van der Waals surface area contributed by atoms with Gasteiger partial charge in [-0.15, -0.1) is 0 Å². The first kappa shape index (κ1) is 14.1. The molecule has 19 heavy (non-hydrogen) atoms. The number of nitrogens with one attached hydrogen (secondary N) is 1. The van der Waals surface area contributed by atoms with Crippen LogP contribution in [0.4, 0.5) is 5.82 Å². The van der Waals surface area contributed by atoms with E-state index in [1.54, 1.807) is 0 Å². The van der Waals surface area contributed by atoms with Crippen molar-refractivity contribution >= 4 is 17.0 Å². The Kier molecular flexibility index (Phi) is 4.58. The van der Waals surface area contributed by atoms with Gasteiger partial charge in [0.05, 0.1) is 12.3 Å². The molecule has 1 heterocycles. The Hall–Kier alpha value is -1.36. The number of aliphatic hydroxyl groups excluding tert-OH is 1. The van der Waals surface area contributed by atoms with Crippen molar-refractivity contribution in [2.75, 3.05) is 11.6 Å². The highest BCUT2D eigenvalue weighted by atomic mass is 32.2. The van der Waals surface area contributed by atoms with E-state index in [0.29, 0.717) is 11.4 Å². The summed E-state index contributed by atoms with van der Waals surface area (Å²) in [5.41, 5.74) is 0.348. The molecule has 2 rings (SSSR count). The number of aromatic nitrogens is 2. The van der Waals surface area contributed by atoms with Gasteiger partial charge in [0, 0.05) is 17.2 Å². The van der Waals surface area contributed by atoms with Crippen LogP contribution in [0.3, 0.4) is 0 Å². The third-order valence-corrected chi connectivity index (χ3v) is 3.89.